The Morgan fingerprint density at radius 3 is 2.46 bits per heavy atom. The lowest BCUT2D eigenvalue weighted by atomic mass is 10.2. The van der Waals surface area contributed by atoms with Crippen molar-refractivity contribution in [2.45, 2.75) is 12.7 Å². The number of pyridine rings is 1. The fourth-order valence-electron chi connectivity index (χ4n) is 2.18. The molecule has 0 atom stereocenters. The van der Waals surface area contributed by atoms with E-state index >= 15 is 0 Å². The van der Waals surface area contributed by atoms with Crippen LogP contribution in [0, 0.1) is 0 Å². The second kappa shape index (κ2) is 7.69. The van der Waals surface area contributed by atoms with Crippen LogP contribution >= 0.6 is 11.6 Å². The van der Waals surface area contributed by atoms with Gasteiger partial charge in [0.15, 0.2) is 0 Å². The summed E-state index contributed by atoms with van der Waals surface area (Å²) >= 11 is 5.99. The number of alkyl halides is 3. The molecule has 6 nitrogen and oxygen atoms in total. The first-order valence-electron chi connectivity index (χ1n) is 7.15. The molecule has 2 rings (SSSR count). The largest absolute Gasteiger partial charge is 0.495 e. The minimum Gasteiger partial charge on any atom is -0.495 e. The van der Waals surface area contributed by atoms with Crippen molar-refractivity contribution in [2.75, 3.05) is 19.5 Å². The number of benzene rings is 1. The van der Waals surface area contributed by atoms with Crippen LogP contribution in [-0.4, -0.2) is 24.7 Å². The van der Waals surface area contributed by atoms with E-state index in [4.69, 9.17) is 21.1 Å². The highest BCUT2D eigenvalue weighted by atomic mass is 35.5. The van der Waals surface area contributed by atoms with Gasteiger partial charge in [-0.25, -0.2) is 0 Å². The van der Waals surface area contributed by atoms with Gasteiger partial charge in [-0.05, 0) is 18.2 Å². The van der Waals surface area contributed by atoms with Crippen LogP contribution in [0.4, 0.5) is 18.9 Å². The third-order valence-corrected chi connectivity index (χ3v) is 3.68. The van der Waals surface area contributed by atoms with Gasteiger partial charge >= 0.3 is 6.18 Å². The maximum absolute atomic E-state index is 12.8. The van der Waals surface area contributed by atoms with E-state index in [9.17, 15) is 22.8 Å². The maximum atomic E-state index is 12.8. The number of carbonyl (C=O) groups is 1. The molecule has 0 unspecified atom stereocenters. The third kappa shape index (κ3) is 4.29. The maximum Gasteiger partial charge on any atom is 0.421 e. The molecule has 26 heavy (non-hydrogen) atoms. The van der Waals surface area contributed by atoms with Crippen LogP contribution in [-0.2, 0) is 17.5 Å². The van der Waals surface area contributed by atoms with E-state index < -0.39 is 29.8 Å². The van der Waals surface area contributed by atoms with Crippen molar-refractivity contribution in [3.63, 3.8) is 0 Å². The number of hydrogen-bond acceptors (Lipinski definition) is 4. The van der Waals surface area contributed by atoms with E-state index in [1.54, 1.807) is 0 Å². The number of ether oxygens (including phenoxy) is 2. The Bertz CT molecular complexity index is 881. The molecule has 0 saturated carbocycles. The topological polar surface area (TPSA) is 69.6 Å². The molecule has 1 amide bonds. The zero-order valence-electron chi connectivity index (χ0n) is 13.7. The fourth-order valence-corrected chi connectivity index (χ4v) is 2.42. The molecule has 0 aliphatic heterocycles. The monoisotopic (exact) mass is 390 g/mol. The standard InChI is InChI=1S/C16H14ClF3N2O4/c1-25-12-7-13(26-2)11(6-10(12)17)21-14(23)8-22-5-3-4-9(15(22)24)16(18,19)20/h3-7H,8H2,1-2H3,(H,21,23). The summed E-state index contributed by atoms with van der Waals surface area (Å²) in [5, 5.41) is 2.64. The van der Waals surface area contributed by atoms with Gasteiger partial charge in [0.25, 0.3) is 5.56 Å². The van der Waals surface area contributed by atoms with Gasteiger partial charge in [-0.2, -0.15) is 13.2 Å². The van der Waals surface area contributed by atoms with Crippen LogP contribution in [0.3, 0.4) is 0 Å². The normalized spacial score (nSPS) is 11.2. The molecule has 0 fully saturated rings. The lowest BCUT2D eigenvalue weighted by Gasteiger charge is -2.14. The van der Waals surface area contributed by atoms with E-state index in [0.717, 1.165) is 12.3 Å². The summed E-state index contributed by atoms with van der Waals surface area (Å²) in [6, 6.07) is 4.51. The number of anilines is 1. The van der Waals surface area contributed by atoms with Crippen LogP contribution in [0.15, 0.2) is 35.3 Å². The Morgan fingerprint density at radius 1 is 1.23 bits per heavy atom. The summed E-state index contributed by atoms with van der Waals surface area (Å²) in [6.07, 6.45) is -3.71. The molecule has 140 valence electrons. The Balaban J connectivity index is 2.25. The quantitative estimate of drug-likeness (QED) is 0.851. The molecule has 0 aliphatic rings. The van der Waals surface area contributed by atoms with Gasteiger partial charge in [-0.15, -0.1) is 0 Å². The first-order valence-corrected chi connectivity index (χ1v) is 7.53. The summed E-state index contributed by atoms with van der Waals surface area (Å²) in [7, 11) is 2.76. The molecule has 2 aromatic rings. The molecule has 10 heteroatoms. The minimum absolute atomic E-state index is 0.184. The highest BCUT2D eigenvalue weighted by Crippen LogP contribution is 2.35. The van der Waals surface area contributed by atoms with Crippen molar-refractivity contribution in [1.82, 2.24) is 4.57 Å². The van der Waals surface area contributed by atoms with Gasteiger partial charge in [0.2, 0.25) is 5.91 Å². The summed E-state index contributed by atoms with van der Waals surface area (Å²) in [6.45, 7) is -0.616. The van der Waals surface area contributed by atoms with Gasteiger partial charge < -0.3 is 19.4 Å². The van der Waals surface area contributed by atoms with Crippen molar-refractivity contribution in [3.05, 3.63) is 51.4 Å². The van der Waals surface area contributed by atoms with Crippen molar-refractivity contribution in [2.24, 2.45) is 0 Å². The zero-order valence-corrected chi connectivity index (χ0v) is 14.4. The number of amides is 1. The van der Waals surface area contributed by atoms with E-state index in [1.807, 2.05) is 0 Å². The van der Waals surface area contributed by atoms with Crippen molar-refractivity contribution >= 4 is 23.2 Å². The number of halogens is 4. The van der Waals surface area contributed by atoms with Crippen molar-refractivity contribution in [1.29, 1.82) is 0 Å². The molecule has 0 saturated heterocycles. The van der Waals surface area contributed by atoms with Gasteiger partial charge in [-0.3, -0.25) is 9.59 Å². The molecule has 0 radical (unpaired) electrons. The molecule has 1 aromatic heterocycles. The number of rotatable bonds is 5. The summed E-state index contributed by atoms with van der Waals surface area (Å²) in [5.41, 5.74) is -2.48. The molecular formula is C16H14ClF3N2O4. The molecule has 1 N–H and O–H groups in total. The second-order valence-electron chi connectivity index (χ2n) is 5.09. The predicted molar refractivity (Wildman–Crippen MR) is 88.9 cm³/mol. The Hall–Kier alpha value is -2.68. The number of methoxy groups -OCH3 is 2. The van der Waals surface area contributed by atoms with Crippen LogP contribution in [0.2, 0.25) is 5.02 Å². The van der Waals surface area contributed by atoms with Crippen LogP contribution < -0.4 is 20.3 Å². The predicted octanol–water partition coefficient (Wildman–Crippen LogP) is 3.18. The third-order valence-electron chi connectivity index (χ3n) is 3.39. The second-order valence-corrected chi connectivity index (χ2v) is 5.50. The molecule has 0 aliphatic carbocycles. The average molecular weight is 391 g/mol. The van der Waals surface area contributed by atoms with Crippen molar-refractivity contribution in [3.8, 4) is 11.5 Å². The SMILES string of the molecule is COc1cc(OC)c(NC(=O)Cn2cccc(C(F)(F)F)c2=O)cc1Cl. The Kier molecular flexibility index (Phi) is 5.81. The molecular weight excluding hydrogens is 377 g/mol. The lowest BCUT2D eigenvalue weighted by molar-refractivity contribution is -0.139. The highest BCUT2D eigenvalue weighted by molar-refractivity contribution is 6.32. The number of nitrogens with one attached hydrogen (secondary N) is 1. The Labute approximate surface area is 151 Å². The van der Waals surface area contributed by atoms with Crippen LogP contribution in [0.5, 0.6) is 11.5 Å². The van der Waals surface area contributed by atoms with Crippen molar-refractivity contribution < 1.29 is 27.4 Å². The van der Waals surface area contributed by atoms with Gasteiger partial charge in [0.05, 0.1) is 24.9 Å². The van der Waals surface area contributed by atoms with Gasteiger partial charge in [0.1, 0.15) is 23.6 Å². The number of hydrogen-bond donors (Lipinski definition) is 1. The smallest absolute Gasteiger partial charge is 0.421 e. The Morgan fingerprint density at radius 2 is 1.88 bits per heavy atom. The summed E-state index contributed by atoms with van der Waals surface area (Å²) in [5.74, 6) is -0.183. The molecule has 1 aromatic carbocycles. The molecule has 1 heterocycles. The summed E-state index contributed by atoms with van der Waals surface area (Å²) in [4.78, 5) is 24.0. The van der Waals surface area contributed by atoms with Gasteiger partial charge in [0, 0.05) is 12.3 Å². The van der Waals surface area contributed by atoms with Crippen LogP contribution in [0.1, 0.15) is 5.56 Å². The number of carbonyl (C=O) groups excluding carboxylic acids is 1. The lowest BCUT2D eigenvalue weighted by Crippen LogP contribution is -2.32. The van der Waals surface area contributed by atoms with E-state index in [1.165, 1.54) is 26.4 Å². The molecule has 0 bridgehead atoms. The summed E-state index contributed by atoms with van der Waals surface area (Å²) < 4.78 is 49.1. The zero-order chi connectivity index (χ0) is 19.5. The van der Waals surface area contributed by atoms with E-state index in [-0.39, 0.29) is 16.5 Å². The van der Waals surface area contributed by atoms with E-state index in [0.29, 0.717) is 16.4 Å². The highest BCUT2D eigenvalue weighted by Gasteiger charge is 2.34. The number of aromatic nitrogens is 1. The first-order chi connectivity index (χ1) is 12.2. The van der Waals surface area contributed by atoms with Crippen LogP contribution in [0.25, 0.3) is 0 Å². The fraction of sp³-hybridized carbons (Fsp3) is 0.250. The first kappa shape index (κ1) is 19.6. The van der Waals surface area contributed by atoms with E-state index in [2.05, 4.69) is 5.32 Å². The minimum atomic E-state index is -4.80. The average Bonchev–Trinajstić information content (AvgIpc) is 2.56. The molecule has 0 spiro atoms. The number of nitrogens with zero attached hydrogens (tertiary/aromatic N) is 1. The van der Waals surface area contributed by atoms with Gasteiger partial charge in [-0.1, -0.05) is 11.6 Å².